The molecule has 0 amide bonds. The molecule has 1 aromatic carbocycles. The lowest BCUT2D eigenvalue weighted by Crippen LogP contribution is -2.44. The van der Waals surface area contributed by atoms with Crippen LogP contribution in [0.5, 0.6) is 11.5 Å². The summed E-state index contributed by atoms with van der Waals surface area (Å²) in [4.78, 5) is 2.30. The highest BCUT2D eigenvalue weighted by atomic mass is 35.5. The van der Waals surface area contributed by atoms with Gasteiger partial charge in [0, 0.05) is 26.2 Å². The summed E-state index contributed by atoms with van der Waals surface area (Å²) >= 11 is 0. The number of phenols is 2. The molecule has 0 aromatic heterocycles. The predicted molar refractivity (Wildman–Crippen MR) is 81.6 cm³/mol. The average molecular weight is 307 g/mol. The smallest absolute Gasteiger partial charge is 0.157 e. The first-order chi connectivity index (χ1) is 8.22. The van der Waals surface area contributed by atoms with Gasteiger partial charge in [0.25, 0.3) is 0 Å². The molecule has 0 aliphatic carbocycles. The van der Waals surface area contributed by atoms with E-state index in [0.29, 0.717) is 0 Å². The number of hydrogen-bond acceptors (Lipinski definition) is 4. The second kappa shape index (κ2) is 8.27. The van der Waals surface area contributed by atoms with Gasteiger partial charge in [0.1, 0.15) is 0 Å². The quantitative estimate of drug-likeness (QED) is 0.591. The van der Waals surface area contributed by atoms with Crippen LogP contribution in [0.4, 0.5) is 0 Å². The molecule has 1 aromatic rings. The van der Waals surface area contributed by atoms with Gasteiger partial charge in [-0.25, -0.2) is 0 Å². The summed E-state index contributed by atoms with van der Waals surface area (Å²) in [6, 6.07) is 5.03. The lowest BCUT2D eigenvalue weighted by atomic mass is 10.0. The molecule has 0 spiro atoms. The molecule has 1 saturated heterocycles. The lowest BCUT2D eigenvalue weighted by Gasteiger charge is -2.33. The summed E-state index contributed by atoms with van der Waals surface area (Å²) in [7, 11) is 0. The molecule has 1 aliphatic rings. The SMILES string of the molecule is C=C[C@@H](c1ccc(O)c(O)c1)N1CCNCC1.Cl.Cl. The first kappa shape index (κ1) is 18.1. The monoisotopic (exact) mass is 306 g/mol. The number of halogens is 2. The van der Waals surface area contributed by atoms with Crippen LogP contribution in [0, 0.1) is 0 Å². The molecule has 1 heterocycles. The zero-order chi connectivity index (χ0) is 12.3. The summed E-state index contributed by atoms with van der Waals surface area (Å²) in [6.45, 7) is 7.71. The highest BCUT2D eigenvalue weighted by molar-refractivity contribution is 5.85. The number of benzene rings is 1. The van der Waals surface area contributed by atoms with Crippen molar-refractivity contribution in [2.75, 3.05) is 26.2 Å². The summed E-state index contributed by atoms with van der Waals surface area (Å²) in [5.74, 6) is -0.165. The fraction of sp³-hybridized carbons (Fsp3) is 0.385. The molecule has 1 atom stereocenters. The van der Waals surface area contributed by atoms with Crippen molar-refractivity contribution < 1.29 is 10.2 Å². The lowest BCUT2D eigenvalue weighted by molar-refractivity contribution is 0.203. The Bertz CT molecular complexity index is 410. The second-order valence-electron chi connectivity index (χ2n) is 4.21. The van der Waals surface area contributed by atoms with Crippen molar-refractivity contribution in [1.29, 1.82) is 0 Å². The summed E-state index contributed by atoms with van der Waals surface area (Å²) < 4.78 is 0. The zero-order valence-electron chi connectivity index (χ0n) is 10.6. The normalized spacial score (nSPS) is 16.8. The maximum absolute atomic E-state index is 9.53. The molecule has 3 N–H and O–H groups in total. The molecule has 1 fully saturated rings. The van der Waals surface area contributed by atoms with E-state index >= 15 is 0 Å². The van der Waals surface area contributed by atoms with Crippen LogP contribution in [-0.4, -0.2) is 41.3 Å². The molecule has 0 saturated carbocycles. The van der Waals surface area contributed by atoms with E-state index in [1.165, 1.54) is 6.07 Å². The topological polar surface area (TPSA) is 55.7 Å². The van der Waals surface area contributed by atoms with Crippen molar-refractivity contribution in [2.45, 2.75) is 6.04 Å². The van der Waals surface area contributed by atoms with Crippen LogP contribution >= 0.6 is 24.8 Å². The number of rotatable bonds is 3. The number of hydrogen-bond donors (Lipinski definition) is 3. The minimum Gasteiger partial charge on any atom is -0.504 e. The number of nitrogens with zero attached hydrogens (tertiary/aromatic N) is 1. The first-order valence-corrected chi connectivity index (χ1v) is 5.81. The Morgan fingerprint density at radius 2 is 1.79 bits per heavy atom. The Morgan fingerprint density at radius 1 is 1.16 bits per heavy atom. The Labute approximate surface area is 125 Å². The van der Waals surface area contributed by atoms with Gasteiger partial charge >= 0.3 is 0 Å². The molecular weight excluding hydrogens is 287 g/mol. The number of aromatic hydroxyl groups is 2. The fourth-order valence-electron chi connectivity index (χ4n) is 2.18. The second-order valence-corrected chi connectivity index (χ2v) is 4.21. The van der Waals surface area contributed by atoms with Gasteiger partial charge in [-0.15, -0.1) is 31.4 Å². The number of nitrogens with one attached hydrogen (secondary N) is 1. The van der Waals surface area contributed by atoms with Crippen molar-refractivity contribution in [3.05, 3.63) is 36.4 Å². The first-order valence-electron chi connectivity index (χ1n) is 5.81. The van der Waals surface area contributed by atoms with Gasteiger partial charge in [-0.3, -0.25) is 4.90 Å². The van der Waals surface area contributed by atoms with Crippen LogP contribution in [0.3, 0.4) is 0 Å². The van der Waals surface area contributed by atoms with Crippen LogP contribution in [0.25, 0.3) is 0 Å². The molecule has 0 radical (unpaired) electrons. The molecule has 19 heavy (non-hydrogen) atoms. The number of piperazine rings is 1. The van der Waals surface area contributed by atoms with E-state index in [-0.39, 0.29) is 42.4 Å². The Kier molecular flexibility index (Phi) is 7.87. The summed E-state index contributed by atoms with van der Waals surface area (Å²) in [5.41, 5.74) is 0.956. The molecule has 2 rings (SSSR count). The zero-order valence-corrected chi connectivity index (χ0v) is 12.2. The largest absolute Gasteiger partial charge is 0.504 e. The van der Waals surface area contributed by atoms with Gasteiger partial charge in [0.15, 0.2) is 11.5 Å². The van der Waals surface area contributed by atoms with Crippen LogP contribution in [0.15, 0.2) is 30.9 Å². The fourth-order valence-corrected chi connectivity index (χ4v) is 2.18. The van der Waals surface area contributed by atoms with E-state index in [1.54, 1.807) is 6.07 Å². The van der Waals surface area contributed by atoms with Crippen LogP contribution in [0.1, 0.15) is 11.6 Å². The Balaban J connectivity index is 0.00000162. The van der Waals surface area contributed by atoms with Crippen molar-refractivity contribution >= 4 is 24.8 Å². The van der Waals surface area contributed by atoms with Gasteiger partial charge in [-0.1, -0.05) is 12.1 Å². The third-order valence-electron chi connectivity index (χ3n) is 3.11. The van der Waals surface area contributed by atoms with E-state index in [2.05, 4.69) is 16.8 Å². The molecule has 4 nitrogen and oxygen atoms in total. The van der Waals surface area contributed by atoms with Crippen LogP contribution in [0.2, 0.25) is 0 Å². The highest BCUT2D eigenvalue weighted by Gasteiger charge is 2.20. The Hall–Kier alpha value is -0.940. The van der Waals surface area contributed by atoms with Gasteiger partial charge < -0.3 is 15.5 Å². The van der Waals surface area contributed by atoms with Gasteiger partial charge in [0.05, 0.1) is 6.04 Å². The van der Waals surface area contributed by atoms with Crippen molar-refractivity contribution in [3.8, 4) is 11.5 Å². The molecule has 108 valence electrons. The molecular formula is C13H20Cl2N2O2. The summed E-state index contributed by atoms with van der Waals surface area (Å²) in [5, 5.41) is 22.1. The summed E-state index contributed by atoms with van der Waals surface area (Å²) in [6.07, 6.45) is 1.87. The third kappa shape index (κ3) is 4.28. The van der Waals surface area contributed by atoms with Crippen molar-refractivity contribution in [3.63, 3.8) is 0 Å². The van der Waals surface area contributed by atoms with Crippen LogP contribution in [-0.2, 0) is 0 Å². The average Bonchev–Trinajstić information content (AvgIpc) is 2.36. The molecule has 0 bridgehead atoms. The van der Waals surface area contributed by atoms with E-state index in [9.17, 15) is 10.2 Å². The third-order valence-corrected chi connectivity index (χ3v) is 3.11. The van der Waals surface area contributed by atoms with Crippen LogP contribution < -0.4 is 5.32 Å². The van der Waals surface area contributed by atoms with Gasteiger partial charge in [-0.2, -0.15) is 0 Å². The van der Waals surface area contributed by atoms with Gasteiger partial charge in [-0.05, 0) is 17.7 Å². The van der Waals surface area contributed by atoms with Crippen molar-refractivity contribution in [1.82, 2.24) is 10.2 Å². The molecule has 6 heteroatoms. The minimum absolute atomic E-state index is 0. The molecule has 1 aliphatic heterocycles. The highest BCUT2D eigenvalue weighted by Crippen LogP contribution is 2.30. The Morgan fingerprint density at radius 3 is 2.32 bits per heavy atom. The van der Waals surface area contributed by atoms with E-state index in [0.717, 1.165) is 31.7 Å². The standard InChI is InChI=1S/C13H18N2O2.2ClH/c1-2-11(15-7-5-14-6-8-15)10-3-4-12(16)13(17)9-10;;/h2-4,9,11,14,16-17H,1,5-8H2;2*1H/t11-;;/m0../s1. The van der Waals surface area contributed by atoms with E-state index < -0.39 is 0 Å². The minimum atomic E-state index is -0.0862. The van der Waals surface area contributed by atoms with E-state index in [4.69, 9.17) is 0 Å². The van der Waals surface area contributed by atoms with Crippen molar-refractivity contribution in [2.24, 2.45) is 0 Å². The maximum atomic E-state index is 9.53. The number of phenolic OH excluding ortho intramolecular Hbond substituents is 2. The molecule has 0 unspecified atom stereocenters. The predicted octanol–water partition coefficient (Wildman–Crippen LogP) is 2.07. The van der Waals surface area contributed by atoms with E-state index in [1.807, 2.05) is 12.1 Å². The maximum Gasteiger partial charge on any atom is 0.157 e. The van der Waals surface area contributed by atoms with Gasteiger partial charge in [0.2, 0.25) is 0 Å².